The lowest BCUT2D eigenvalue weighted by Gasteiger charge is -2.21. The third-order valence-electron chi connectivity index (χ3n) is 3.80. The molecule has 0 saturated carbocycles. The van der Waals surface area contributed by atoms with Gasteiger partial charge in [-0.05, 0) is 43.2 Å². The Morgan fingerprint density at radius 3 is 2.05 bits per heavy atom. The molecule has 0 aliphatic heterocycles. The Labute approximate surface area is 129 Å². The van der Waals surface area contributed by atoms with Crippen LogP contribution in [0.15, 0.2) is 29.2 Å². The SMILES string of the molecule is Cc1ccc(S(=O)(=O)OCC(CCC(C)C)C(C)C)cc1. The van der Waals surface area contributed by atoms with Crippen LogP contribution in [0.3, 0.4) is 0 Å². The van der Waals surface area contributed by atoms with Crippen molar-refractivity contribution in [2.45, 2.75) is 52.4 Å². The van der Waals surface area contributed by atoms with Gasteiger partial charge in [0.2, 0.25) is 0 Å². The Balaban J connectivity index is 2.67. The lowest BCUT2D eigenvalue weighted by atomic mass is 9.89. The van der Waals surface area contributed by atoms with Gasteiger partial charge in [0, 0.05) is 0 Å². The van der Waals surface area contributed by atoms with Crippen molar-refractivity contribution in [3.63, 3.8) is 0 Å². The van der Waals surface area contributed by atoms with E-state index in [1.165, 1.54) is 0 Å². The van der Waals surface area contributed by atoms with Gasteiger partial charge >= 0.3 is 0 Å². The summed E-state index contributed by atoms with van der Waals surface area (Å²) >= 11 is 0. The third-order valence-corrected chi connectivity index (χ3v) is 5.10. The van der Waals surface area contributed by atoms with Crippen molar-refractivity contribution in [2.24, 2.45) is 17.8 Å². The second kappa shape index (κ2) is 7.95. The summed E-state index contributed by atoms with van der Waals surface area (Å²) in [7, 11) is -3.64. The molecule has 1 aromatic carbocycles. The quantitative estimate of drug-likeness (QED) is 0.668. The van der Waals surface area contributed by atoms with Crippen molar-refractivity contribution in [3.8, 4) is 0 Å². The van der Waals surface area contributed by atoms with Gasteiger partial charge in [0.25, 0.3) is 10.1 Å². The van der Waals surface area contributed by atoms with Gasteiger partial charge in [-0.3, -0.25) is 4.18 Å². The molecule has 21 heavy (non-hydrogen) atoms. The van der Waals surface area contributed by atoms with Crippen LogP contribution in [-0.4, -0.2) is 15.0 Å². The molecule has 0 N–H and O–H groups in total. The highest BCUT2D eigenvalue weighted by atomic mass is 32.2. The van der Waals surface area contributed by atoms with E-state index in [4.69, 9.17) is 4.18 Å². The molecular weight excluding hydrogens is 284 g/mol. The molecule has 0 radical (unpaired) electrons. The van der Waals surface area contributed by atoms with Crippen LogP contribution in [0.5, 0.6) is 0 Å². The first-order valence-electron chi connectivity index (χ1n) is 7.68. The lowest BCUT2D eigenvalue weighted by Crippen LogP contribution is -2.19. The van der Waals surface area contributed by atoms with Crippen molar-refractivity contribution in [1.82, 2.24) is 0 Å². The Bertz CT molecular complexity index is 515. The van der Waals surface area contributed by atoms with E-state index in [0.29, 0.717) is 11.8 Å². The van der Waals surface area contributed by atoms with Gasteiger partial charge in [0.05, 0.1) is 11.5 Å². The molecule has 1 aromatic rings. The van der Waals surface area contributed by atoms with Crippen LogP contribution in [0.2, 0.25) is 0 Å². The summed E-state index contributed by atoms with van der Waals surface area (Å²) in [5.74, 6) is 1.31. The van der Waals surface area contributed by atoms with Crippen LogP contribution in [0.25, 0.3) is 0 Å². The first kappa shape index (κ1) is 18.2. The van der Waals surface area contributed by atoms with E-state index in [-0.39, 0.29) is 17.4 Å². The fraction of sp³-hybridized carbons (Fsp3) is 0.647. The maximum absolute atomic E-state index is 12.2. The fourth-order valence-corrected chi connectivity index (χ4v) is 3.07. The number of benzene rings is 1. The Kier molecular flexibility index (Phi) is 6.88. The Morgan fingerprint density at radius 1 is 1.00 bits per heavy atom. The van der Waals surface area contributed by atoms with Crippen molar-refractivity contribution in [3.05, 3.63) is 29.8 Å². The van der Waals surface area contributed by atoms with E-state index >= 15 is 0 Å². The molecule has 0 saturated heterocycles. The van der Waals surface area contributed by atoms with Crippen LogP contribution >= 0.6 is 0 Å². The highest BCUT2D eigenvalue weighted by Gasteiger charge is 2.20. The molecule has 1 unspecified atom stereocenters. The van der Waals surface area contributed by atoms with Crippen LogP contribution in [0.1, 0.15) is 46.1 Å². The molecule has 0 aliphatic rings. The zero-order valence-electron chi connectivity index (χ0n) is 13.8. The van der Waals surface area contributed by atoms with Gasteiger partial charge in [0.1, 0.15) is 0 Å². The number of hydrogen-bond donors (Lipinski definition) is 0. The number of hydrogen-bond acceptors (Lipinski definition) is 3. The molecule has 1 atom stereocenters. The fourth-order valence-electron chi connectivity index (χ4n) is 2.11. The molecule has 0 heterocycles. The van der Waals surface area contributed by atoms with E-state index < -0.39 is 10.1 Å². The van der Waals surface area contributed by atoms with Crippen LogP contribution in [0.4, 0.5) is 0 Å². The van der Waals surface area contributed by atoms with E-state index in [1.54, 1.807) is 24.3 Å². The molecule has 0 bridgehead atoms. The zero-order chi connectivity index (χ0) is 16.0. The molecule has 4 heteroatoms. The Hall–Kier alpha value is -0.870. The maximum atomic E-state index is 12.2. The van der Waals surface area contributed by atoms with E-state index in [0.717, 1.165) is 18.4 Å². The normalized spacial score (nSPS) is 13.9. The van der Waals surface area contributed by atoms with Crippen LogP contribution in [0, 0.1) is 24.7 Å². The molecule has 120 valence electrons. The molecule has 0 fully saturated rings. The first-order valence-corrected chi connectivity index (χ1v) is 9.09. The van der Waals surface area contributed by atoms with Crippen molar-refractivity contribution in [1.29, 1.82) is 0 Å². The minimum Gasteiger partial charge on any atom is -0.266 e. The van der Waals surface area contributed by atoms with E-state index in [2.05, 4.69) is 27.7 Å². The monoisotopic (exact) mass is 312 g/mol. The third kappa shape index (κ3) is 6.18. The minimum atomic E-state index is -3.64. The largest absolute Gasteiger partial charge is 0.296 e. The average Bonchev–Trinajstić information content (AvgIpc) is 2.38. The number of aryl methyl sites for hydroxylation is 1. The van der Waals surface area contributed by atoms with Gasteiger partial charge < -0.3 is 0 Å². The zero-order valence-corrected chi connectivity index (χ0v) is 14.6. The van der Waals surface area contributed by atoms with Crippen molar-refractivity contribution >= 4 is 10.1 Å². The second-order valence-electron chi connectivity index (χ2n) is 6.53. The van der Waals surface area contributed by atoms with Gasteiger partial charge in [-0.1, -0.05) is 51.8 Å². The van der Waals surface area contributed by atoms with Gasteiger partial charge in [0.15, 0.2) is 0 Å². The molecule has 0 amide bonds. The van der Waals surface area contributed by atoms with Gasteiger partial charge in [-0.15, -0.1) is 0 Å². The summed E-state index contributed by atoms with van der Waals surface area (Å²) in [4.78, 5) is 0.236. The summed E-state index contributed by atoms with van der Waals surface area (Å²) in [6.07, 6.45) is 2.09. The lowest BCUT2D eigenvalue weighted by molar-refractivity contribution is 0.198. The summed E-state index contributed by atoms with van der Waals surface area (Å²) in [5.41, 5.74) is 1.03. The highest BCUT2D eigenvalue weighted by Crippen LogP contribution is 2.22. The average molecular weight is 312 g/mol. The predicted octanol–water partition coefficient (Wildman–Crippen LogP) is 4.41. The first-order chi connectivity index (χ1) is 9.72. The van der Waals surface area contributed by atoms with Crippen molar-refractivity contribution in [2.75, 3.05) is 6.61 Å². The summed E-state index contributed by atoms with van der Waals surface area (Å²) in [6, 6.07) is 6.77. The molecular formula is C17H28O3S. The van der Waals surface area contributed by atoms with Crippen molar-refractivity contribution < 1.29 is 12.6 Å². The molecule has 0 spiro atoms. The summed E-state index contributed by atoms with van der Waals surface area (Å²) in [5, 5.41) is 0. The molecule has 1 rings (SSSR count). The topological polar surface area (TPSA) is 43.4 Å². The summed E-state index contributed by atoms with van der Waals surface area (Å²) in [6.45, 7) is 10.8. The predicted molar refractivity (Wildman–Crippen MR) is 86.7 cm³/mol. The molecule has 0 aromatic heterocycles. The molecule has 3 nitrogen and oxygen atoms in total. The van der Waals surface area contributed by atoms with E-state index in [9.17, 15) is 8.42 Å². The Morgan fingerprint density at radius 2 is 1.57 bits per heavy atom. The van der Waals surface area contributed by atoms with Crippen LogP contribution < -0.4 is 0 Å². The van der Waals surface area contributed by atoms with Crippen LogP contribution in [-0.2, 0) is 14.3 Å². The van der Waals surface area contributed by atoms with E-state index in [1.807, 2.05) is 6.92 Å². The van der Waals surface area contributed by atoms with Gasteiger partial charge in [-0.2, -0.15) is 8.42 Å². The smallest absolute Gasteiger partial charge is 0.266 e. The standard InChI is InChI=1S/C17H28O3S/c1-13(2)6-9-16(14(3)4)12-20-21(18,19)17-10-7-15(5)8-11-17/h7-8,10-11,13-14,16H,6,9,12H2,1-5H3. The maximum Gasteiger partial charge on any atom is 0.296 e. The summed E-state index contributed by atoms with van der Waals surface area (Å²) < 4.78 is 29.7. The van der Waals surface area contributed by atoms with Gasteiger partial charge in [-0.25, -0.2) is 0 Å². The molecule has 0 aliphatic carbocycles. The minimum absolute atomic E-state index is 0.236. The second-order valence-corrected chi connectivity index (χ2v) is 8.14. The number of rotatable bonds is 8. The highest BCUT2D eigenvalue weighted by molar-refractivity contribution is 7.86.